The molecule has 10 rings (SSSR count). The Hall–Kier alpha value is -6.85. The van der Waals surface area contributed by atoms with Crippen molar-refractivity contribution in [1.82, 2.24) is 19.1 Å². The standard InChI is InChI=1S/C50H38N4O/c1-50(2)41-17-11-10-16-39(41)47-38-15-9-8-14-37(38)40(29-42(47)50)32-20-24-34(25-21-32)44-30-43(51-48(52-44)35-12-6-5-7-13-35)33-22-18-31(19-23-33)36-26-27-45-46(28-36)54(4)49(55)53(45)3/h5-30H,1-4H3. The zero-order valence-corrected chi connectivity index (χ0v) is 31.2. The number of aromatic nitrogens is 4. The summed E-state index contributed by atoms with van der Waals surface area (Å²) in [7, 11) is 3.62. The van der Waals surface area contributed by atoms with Crippen molar-refractivity contribution in [3.63, 3.8) is 0 Å². The summed E-state index contributed by atoms with van der Waals surface area (Å²) < 4.78 is 3.38. The van der Waals surface area contributed by atoms with E-state index in [9.17, 15) is 4.79 Å². The smallest absolute Gasteiger partial charge is 0.295 e. The highest BCUT2D eigenvalue weighted by molar-refractivity contribution is 6.09. The first-order valence-electron chi connectivity index (χ1n) is 18.7. The van der Waals surface area contributed by atoms with Crippen molar-refractivity contribution in [3.05, 3.63) is 179 Å². The Kier molecular flexibility index (Phi) is 7.36. The molecule has 0 N–H and O–H groups in total. The molecule has 0 spiro atoms. The summed E-state index contributed by atoms with van der Waals surface area (Å²) in [5.74, 6) is 0.683. The fraction of sp³-hybridized carbons (Fsp3) is 0.100. The second kappa shape index (κ2) is 12.4. The van der Waals surface area contributed by atoms with Crippen molar-refractivity contribution in [3.8, 4) is 67.3 Å². The molecule has 0 fully saturated rings. The van der Waals surface area contributed by atoms with Gasteiger partial charge in [-0.15, -0.1) is 0 Å². The Labute approximate surface area is 319 Å². The van der Waals surface area contributed by atoms with E-state index >= 15 is 0 Å². The zero-order valence-electron chi connectivity index (χ0n) is 31.2. The third-order valence-electron chi connectivity index (χ3n) is 11.6. The van der Waals surface area contributed by atoms with Crippen LogP contribution in [-0.2, 0) is 19.5 Å². The van der Waals surface area contributed by atoms with Gasteiger partial charge in [-0.2, -0.15) is 0 Å². The number of hydrogen-bond donors (Lipinski definition) is 0. The molecule has 0 bridgehead atoms. The first-order chi connectivity index (χ1) is 26.8. The van der Waals surface area contributed by atoms with Crippen LogP contribution in [0.4, 0.5) is 0 Å². The van der Waals surface area contributed by atoms with Gasteiger partial charge >= 0.3 is 5.69 Å². The van der Waals surface area contributed by atoms with Crippen LogP contribution in [-0.4, -0.2) is 19.1 Å². The Bertz CT molecular complexity index is 3020. The Morgan fingerprint density at radius 1 is 0.455 bits per heavy atom. The summed E-state index contributed by atoms with van der Waals surface area (Å²) >= 11 is 0. The number of aryl methyl sites for hydroxylation is 2. The monoisotopic (exact) mass is 710 g/mol. The van der Waals surface area contributed by atoms with Gasteiger partial charge in [0.25, 0.3) is 0 Å². The van der Waals surface area contributed by atoms with Crippen molar-refractivity contribution in [1.29, 1.82) is 0 Å². The van der Waals surface area contributed by atoms with Crippen LogP contribution in [0.2, 0.25) is 0 Å². The van der Waals surface area contributed by atoms with Crippen LogP contribution in [0.5, 0.6) is 0 Å². The minimum atomic E-state index is -0.0939. The predicted octanol–water partition coefficient (Wildman–Crippen LogP) is 11.5. The second-order valence-electron chi connectivity index (χ2n) is 15.1. The van der Waals surface area contributed by atoms with Crippen molar-refractivity contribution >= 4 is 21.8 Å². The van der Waals surface area contributed by atoms with Gasteiger partial charge in [-0.3, -0.25) is 9.13 Å². The van der Waals surface area contributed by atoms with E-state index in [1.807, 2.05) is 38.4 Å². The summed E-state index contributed by atoms with van der Waals surface area (Å²) in [6.45, 7) is 4.69. The minimum absolute atomic E-state index is 0.0296. The van der Waals surface area contributed by atoms with Gasteiger partial charge in [0, 0.05) is 36.2 Å². The number of hydrogen-bond acceptors (Lipinski definition) is 3. The summed E-state index contributed by atoms with van der Waals surface area (Å²) in [6.07, 6.45) is 0. The average molecular weight is 711 g/mol. The number of rotatable bonds is 5. The van der Waals surface area contributed by atoms with Gasteiger partial charge in [0.05, 0.1) is 22.4 Å². The highest BCUT2D eigenvalue weighted by Gasteiger charge is 2.36. The minimum Gasteiger partial charge on any atom is -0.295 e. The van der Waals surface area contributed by atoms with Crippen molar-refractivity contribution in [2.24, 2.45) is 14.1 Å². The van der Waals surface area contributed by atoms with Crippen LogP contribution < -0.4 is 5.69 Å². The fourth-order valence-electron chi connectivity index (χ4n) is 8.59. The SMILES string of the molecule is Cn1c(=O)n(C)c2cc(-c3ccc(-c4cc(-c5ccc(-c6cc7c(c8ccccc68)-c6ccccc6C7(C)C)cc5)nc(-c5ccccc5)n4)cc3)ccc21. The molecule has 0 amide bonds. The van der Waals surface area contributed by atoms with Crippen LogP contribution in [0, 0.1) is 0 Å². The molecule has 0 saturated carbocycles. The maximum atomic E-state index is 12.5. The molecule has 2 heterocycles. The first-order valence-corrected chi connectivity index (χ1v) is 18.7. The van der Waals surface area contributed by atoms with Crippen LogP contribution in [0.1, 0.15) is 25.0 Å². The first kappa shape index (κ1) is 32.8. The summed E-state index contributed by atoms with van der Waals surface area (Å²) in [6, 6.07) is 55.9. The van der Waals surface area contributed by atoms with E-state index in [0.717, 1.165) is 50.2 Å². The topological polar surface area (TPSA) is 52.7 Å². The van der Waals surface area contributed by atoms with Crippen LogP contribution in [0.15, 0.2) is 163 Å². The molecule has 55 heavy (non-hydrogen) atoms. The Morgan fingerprint density at radius 3 is 1.73 bits per heavy atom. The van der Waals surface area contributed by atoms with Crippen molar-refractivity contribution in [2.75, 3.05) is 0 Å². The molecule has 9 aromatic rings. The number of fused-ring (bicyclic) bond motifs is 6. The summed E-state index contributed by atoms with van der Waals surface area (Å²) in [5, 5.41) is 2.55. The molecule has 2 aromatic heterocycles. The maximum absolute atomic E-state index is 12.5. The van der Waals surface area contributed by atoms with Gasteiger partial charge in [-0.1, -0.05) is 147 Å². The third kappa shape index (κ3) is 5.19. The molecule has 0 radical (unpaired) electrons. The van der Waals surface area contributed by atoms with Crippen LogP contribution >= 0.6 is 0 Å². The van der Waals surface area contributed by atoms with E-state index in [1.165, 1.54) is 44.2 Å². The summed E-state index contributed by atoms with van der Waals surface area (Å²) in [4.78, 5) is 22.7. The average Bonchev–Trinajstić information content (AvgIpc) is 3.61. The quantitative estimate of drug-likeness (QED) is 0.179. The molecule has 1 aliphatic rings. The molecule has 0 atom stereocenters. The molecule has 5 heteroatoms. The molecule has 7 aromatic carbocycles. The number of benzene rings is 7. The Morgan fingerprint density at radius 2 is 1.02 bits per heavy atom. The number of nitrogens with zero attached hydrogens (tertiary/aromatic N) is 4. The van der Waals surface area contributed by atoms with Crippen molar-refractivity contribution < 1.29 is 0 Å². The molecular weight excluding hydrogens is 673 g/mol. The normalized spacial score (nSPS) is 12.9. The molecule has 0 unspecified atom stereocenters. The van der Waals surface area contributed by atoms with E-state index in [1.54, 1.807) is 9.13 Å². The maximum Gasteiger partial charge on any atom is 0.328 e. The van der Waals surface area contributed by atoms with Gasteiger partial charge in [-0.05, 0) is 79.5 Å². The van der Waals surface area contributed by atoms with Gasteiger partial charge in [0.15, 0.2) is 5.82 Å². The van der Waals surface area contributed by atoms with Gasteiger partial charge < -0.3 is 0 Å². The van der Waals surface area contributed by atoms with E-state index in [0.29, 0.717) is 5.82 Å². The lowest BCUT2D eigenvalue weighted by Crippen LogP contribution is -2.19. The Balaban J connectivity index is 1.04. The van der Waals surface area contributed by atoms with E-state index in [4.69, 9.17) is 9.97 Å². The van der Waals surface area contributed by atoms with E-state index in [-0.39, 0.29) is 11.1 Å². The molecule has 0 saturated heterocycles. The molecule has 0 aliphatic heterocycles. The van der Waals surface area contributed by atoms with Crippen molar-refractivity contribution in [2.45, 2.75) is 19.3 Å². The molecule has 5 nitrogen and oxygen atoms in total. The number of imidazole rings is 1. The van der Waals surface area contributed by atoms with Gasteiger partial charge in [0.2, 0.25) is 0 Å². The predicted molar refractivity (Wildman–Crippen MR) is 226 cm³/mol. The van der Waals surface area contributed by atoms with Gasteiger partial charge in [0.1, 0.15) is 0 Å². The van der Waals surface area contributed by atoms with Crippen LogP contribution in [0.3, 0.4) is 0 Å². The second-order valence-corrected chi connectivity index (χ2v) is 15.1. The van der Waals surface area contributed by atoms with Crippen LogP contribution in [0.25, 0.3) is 89.1 Å². The van der Waals surface area contributed by atoms with E-state index < -0.39 is 0 Å². The lowest BCUT2D eigenvalue weighted by atomic mass is 9.80. The largest absolute Gasteiger partial charge is 0.328 e. The third-order valence-corrected chi connectivity index (χ3v) is 11.6. The lowest BCUT2D eigenvalue weighted by Gasteiger charge is -2.23. The summed E-state index contributed by atoms with van der Waals surface area (Å²) in [5.41, 5.74) is 16.4. The molecule has 1 aliphatic carbocycles. The zero-order chi connectivity index (χ0) is 37.4. The van der Waals surface area contributed by atoms with E-state index in [2.05, 4.69) is 147 Å². The van der Waals surface area contributed by atoms with Gasteiger partial charge in [-0.25, -0.2) is 14.8 Å². The fourth-order valence-corrected chi connectivity index (χ4v) is 8.59. The lowest BCUT2D eigenvalue weighted by molar-refractivity contribution is 0.661. The molecule has 264 valence electrons. The molecular formula is C50H38N4O. The highest BCUT2D eigenvalue weighted by atomic mass is 16.1. The highest BCUT2D eigenvalue weighted by Crippen LogP contribution is 2.53.